The first-order chi connectivity index (χ1) is 12.1. The molecule has 0 N–H and O–H groups in total. The molecule has 2 aromatic rings. The number of carbonyl (C=O) groups excluding carboxylic acids is 1. The predicted octanol–water partition coefficient (Wildman–Crippen LogP) is 5.16. The van der Waals surface area contributed by atoms with Crippen LogP contribution in [0.5, 0.6) is 0 Å². The zero-order valence-electron chi connectivity index (χ0n) is 14.5. The molecule has 0 radical (unpaired) electrons. The molecule has 1 saturated carbocycles. The normalized spacial score (nSPS) is 27.8. The second-order valence-electron chi connectivity index (χ2n) is 7.29. The van der Waals surface area contributed by atoms with E-state index in [1.807, 2.05) is 18.6 Å². The van der Waals surface area contributed by atoms with Crippen LogP contribution in [0.15, 0.2) is 36.8 Å². The van der Waals surface area contributed by atoms with Crippen LogP contribution in [-0.2, 0) is 4.79 Å². The van der Waals surface area contributed by atoms with Crippen molar-refractivity contribution >= 4 is 16.9 Å². The molecule has 1 atom stereocenters. The van der Waals surface area contributed by atoms with Gasteiger partial charge in [0.15, 0.2) is 5.12 Å². The van der Waals surface area contributed by atoms with Gasteiger partial charge in [0.2, 0.25) is 0 Å². The van der Waals surface area contributed by atoms with Gasteiger partial charge in [0, 0.05) is 17.7 Å². The molecule has 2 heterocycles. The molecule has 1 aromatic heterocycles. The van der Waals surface area contributed by atoms with Crippen LogP contribution in [0, 0.1) is 0 Å². The number of aromatic nitrogens is 2. The van der Waals surface area contributed by atoms with Crippen molar-refractivity contribution in [3.63, 3.8) is 0 Å². The average Bonchev–Trinajstić information content (AvgIpc) is 3.16. The fraction of sp³-hybridized carbons (Fsp3) is 0.500. The maximum absolute atomic E-state index is 15.3. The van der Waals surface area contributed by atoms with Gasteiger partial charge in [-0.05, 0) is 44.1 Å². The van der Waals surface area contributed by atoms with E-state index in [-0.39, 0.29) is 11.2 Å². The van der Waals surface area contributed by atoms with E-state index < -0.39 is 5.67 Å². The summed E-state index contributed by atoms with van der Waals surface area (Å²) >= 11 is 1.38. The van der Waals surface area contributed by atoms with Gasteiger partial charge < -0.3 is 4.57 Å². The summed E-state index contributed by atoms with van der Waals surface area (Å²) in [5.41, 5.74) is 2.55. The maximum Gasteiger partial charge on any atom is 0.186 e. The number of hydrogen-bond donors (Lipinski definition) is 0. The van der Waals surface area contributed by atoms with Gasteiger partial charge in [-0.3, -0.25) is 4.79 Å². The van der Waals surface area contributed by atoms with E-state index in [9.17, 15) is 4.79 Å². The number of nitrogens with zero attached hydrogens (tertiary/aromatic N) is 2. The van der Waals surface area contributed by atoms with Crippen molar-refractivity contribution in [1.29, 1.82) is 0 Å². The number of hydrogen-bond acceptors (Lipinski definition) is 3. The van der Waals surface area contributed by atoms with Crippen molar-refractivity contribution in [3.8, 4) is 11.3 Å². The molecule has 0 amide bonds. The van der Waals surface area contributed by atoms with Crippen LogP contribution in [0.4, 0.5) is 4.39 Å². The van der Waals surface area contributed by atoms with E-state index in [0.717, 1.165) is 25.0 Å². The Hall–Kier alpha value is -1.62. The first-order valence-electron chi connectivity index (χ1n) is 9.03. The molecule has 5 heteroatoms. The van der Waals surface area contributed by atoms with E-state index in [2.05, 4.69) is 27.8 Å². The lowest BCUT2D eigenvalue weighted by atomic mass is 9.81. The smallest absolute Gasteiger partial charge is 0.186 e. The van der Waals surface area contributed by atoms with Gasteiger partial charge in [-0.15, -0.1) is 0 Å². The molecule has 0 saturated heterocycles. The Morgan fingerprint density at radius 2 is 2.12 bits per heavy atom. The topological polar surface area (TPSA) is 34.9 Å². The highest BCUT2D eigenvalue weighted by molar-refractivity contribution is 8.14. The number of carbonyl (C=O) groups is 1. The van der Waals surface area contributed by atoms with Crippen molar-refractivity contribution in [2.24, 2.45) is 0 Å². The van der Waals surface area contributed by atoms with Gasteiger partial charge in [0.25, 0.3) is 0 Å². The summed E-state index contributed by atoms with van der Waals surface area (Å²) in [5.74, 6) is 0. The summed E-state index contributed by atoms with van der Waals surface area (Å²) in [6.07, 6.45) is 7.88. The number of alkyl halides is 1. The van der Waals surface area contributed by atoms with Gasteiger partial charge in [-0.25, -0.2) is 9.37 Å². The minimum Gasteiger partial charge on any atom is -0.323 e. The first-order valence-corrected chi connectivity index (χ1v) is 9.91. The Kier molecular flexibility index (Phi) is 4.44. The molecule has 0 bridgehead atoms. The second-order valence-corrected chi connectivity index (χ2v) is 8.76. The summed E-state index contributed by atoms with van der Waals surface area (Å²) in [7, 11) is 0. The third-order valence-electron chi connectivity index (χ3n) is 5.62. The van der Waals surface area contributed by atoms with Gasteiger partial charge in [0.1, 0.15) is 5.67 Å². The molecule has 1 aliphatic carbocycles. The fourth-order valence-corrected chi connectivity index (χ4v) is 5.27. The SMILES string of the molecule is CC(=O)SC1CCC(F)(CCC2c3ccccc3-c3cncn32)CC1. The quantitative estimate of drug-likeness (QED) is 0.757. The van der Waals surface area contributed by atoms with Crippen LogP contribution in [0.1, 0.15) is 57.1 Å². The van der Waals surface area contributed by atoms with Crippen molar-refractivity contribution in [3.05, 3.63) is 42.4 Å². The molecule has 1 unspecified atom stereocenters. The second kappa shape index (κ2) is 6.60. The molecule has 0 spiro atoms. The number of imidazole rings is 1. The predicted molar refractivity (Wildman–Crippen MR) is 99.4 cm³/mol. The molecule has 1 aromatic carbocycles. The number of thioether (sulfide) groups is 1. The minimum atomic E-state index is -1.09. The van der Waals surface area contributed by atoms with Gasteiger partial charge in [-0.1, -0.05) is 36.0 Å². The van der Waals surface area contributed by atoms with Crippen LogP contribution in [0.3, 0.4) is 0 Å². The van der Waals surface area contributed by atoms with Gasteiger partial charge in [-0.2, -0.15) is 0 Å². The highest BCUT2D eigenvalue weighted by atomic mass is 32.2. The van der Waals surface area contributed by atoms with E-state index in [0.29, 0.717) is 24.5 Å². The average molecular weight is 358 g/mol. The number of halogens is 1. The molecule has 25 heavy (non-hydrogen) atoms. The van der Waals surface area contributed by atoms with Crippen LogP contribution in [0.25, 0.3) is 11.3 Å². The number of fused-ring (bicyclic) bond motifs is 3. The molecular weight excluding hydrogens is 335 g/mol. The molecule has 1 fully saturated rings. The first kappa shape index (κ1) is 16.8. The lowest BCUT2D eigenvalue weighted by Gasteiger charge is -2.34. The van der Waals surface area contributed by atoms with E-state index >= 15 is 4.39 Å². The van der Waals surface area contributed by atoms with Crippen molar-refractivity contribution in [1.82, 2.24) is 9.55 Å². The minimum absolute atomic E-state index is 0.145. The number of benzene rings is 1. The Morgan fingerprint density at radius 3 is 2.88 bits per heavy atom. The van der Waals surface area contributed by atoms with E-state index in [1.165, 1.54) is 22.9 Å². The van der Waals surface area contributed by atoms with Gasteiger partial charge >= 0.3 is 0 Å². The van der Waals surface area contributed by atoms with Crippen LogP contribution in [0.2, 0.25) is 0 Å². The Morgan fingerprint density at radius 1 is 1.36 bits per heavy atom. The van der Waals surface area contributed by atoms with Crippen LogP contribution >= 0.6 is 11.8 Å². The molecule has 132 valence electrons. The molecule has 1 aliphatic heterocycles. The van der Waals surface area contributed by atoms with Crippen LogP contribution < -0.4 is 0 Å². The Labute approximate surface area is 152 Å². The highest BCUT2D eigenvalue weighted by Crippen LogP contribution is 2.45. The van der Waals surface area contributed by atoms with Crippen molar-refractivity contribution < 1.29 is 9.18 Å². The Balaban J connectivity index is 1.43. The zero-order valence-corrected chi connectivity index (χ0v) is 15.3. The molecule has 4 rings (SSSR count). The Bertz CT molecular complexity index is 780. The summed E-state index contributed by atoms with van der Waals surface area (Å²) < 4.78 is 17.5. The lowest BCUT2D eigenvalue weighted by molar-refractivity contribution is -0.109. The third kappa shape index (κ3) is 3.26. The summed E-state index contributed by atoms with van der Waals surface area (Å²) in [6, 6.07) is 8.56. The standard InChI is InChI=1S/C20H23FN2OS/c1-14(24)25-15-6-9-20(21,10-7-15)11-8-18-16-4-2-3-5-17(16)19-12-22-13-23(18)19/h2-5,12-13,15,18H,6-11H2,1H3. The molecule has 3 nitrogen and oxygen atoms in total. The van der Waals surface area contributed by atoms with Crippen molar-refractivity contribution in [2.75, 3.05) is 0 Å². The van der Waals surface area contributed by atoms with Crippen LogP contribution in [-0.4, -0.2) is 25.6 Å². The maximum atomic E-state index is 15.3. The zero-order chi connectivity index (χ0) is 17.4. The monoisotopic (exact) mass is 358 g/mol. The van der Waals surface area contributed by atoms with E-state index in [1.54, 1.807) is 6.92 Å². The van der Waals surface area contributed by atoms with Crippen molar-refractivity contribution in [2.45, 2.75) is 62.4 Å². The molecular formula is C20H23FN2OS. The largest absolute Gasteiger partial charge is 0.323 e. The number of rotatable bonds is 4. The summed E-state index contributed by atoms with van der Waals surface area (Å²) in [5, 5.41) is 0.445. The lowest BCUT2D eigenvalue weighted by Crippen LogP contribution is -2.31. The third-order valence-corrected chi connectivity index (χ3v) is 6.76. The summed E-state index contributed by atoms with van der Waals surface area (Å²) in [6.45, 7) is 1.60. The fourth-order valence-electron chi connectivity index (χ4n) is 4.33. The highest BCUT2D eigenvalue weighted by Gasteiger charge is 2.37. The summed E-state index contributed by atoms with van der Waals surface area (Å²) in [4.78, 5) is 15.5. The van der Waals surface area contributed by atoms with Gasteiger partial charge in [0.05, 0.1) is 24.3 Å². The van der Waals surface area contributed by atoms with E-state index in [4.69, 9.17) is 0 Å². The molecule has 2 aliphatic rings.